The van der Waals surface area contributed by atoms with E-state index < -0.39 is 0 Å². The zero-order chi connectivity index (χ0) is 18.8. The summed E-state index contributed by atoms with van der Waals surface area (Å²) < 4.78 is 1.93. The fraction of sp³-hybridized carbons (Fsp3) is 0.556. The maximum absolute atomic E-state index is 12.4. The molecule has 0 aliphatic heterocycles. The average molecular weight is 390 g/mol. The summed E-state index contributed by atoms with van der Waals surface area (Å²) in [6.45, 7) is 6.36. The van der Waals surface area contributed by atoms with Gasteiger partial charge in [0.2, 0.25) is 5.91 Å². The van der Waals surface area contributed by atoms with Crippen LogP contribution in [0.3, 0.4) is 0 Å². The molecule has 1 atom stereocenters. The highest BCUT2D eigenvalue weighted by Gasteiger charge is 2.24. The minimum Gasteiger partial charge on any atom is -0.316 e. The number of carbonyl (C=O) groups excluding carboxylic acids is 1. The van der Waals surface area contributed by atoms with E-state index in [1.807, 2.05) is 11.6 Å². The first kappa shape index (κ1) is 18.9. The molecule has 2 heterocycles. The maximum atomic E-state index is 12.4. The third-order valence-electron chi connectivity index (χ3n) is 4.59. The molecule has 3 rings (SSSR count). The number of fused-ring (bicyclic) bond motifs is 1. The Balaban J connectivity index is 1.67. The van der Waals surface area contributed by atoms with E-state index in [-0.39, 0.29) is 17.6 Å². The number of thiophene rings is 1. The molecule has 1 aliphatic carbocycles. The van der Waals surface area contributed by atoms with Crippen molar-refractivity contribution in [1.29, 1.82) is 5.26 Å². The van der Waals surface area contributed by atoms with Crippen molar-refractivity contribution in [2.24, 2.45) is 13.0 Å². The largest absolute Gasteiger partial charge is 0.316 e. The van der Waals surface area contributed by atoms with Crippen LogP contribution in [0, 0.1) is 17.2 Å². The average Bonchev–Trinajstić information content (AvgIpc) is 3.12. The van der Waals surface area contributed by atoms with E-state index in [1.54, 1.807) is 11.3 Å². The topological polar surface area (TPSA) is 83.6 Å². The third-order valence-corrected chi connectivity index (χ3v) is 6.78. The Labute approximate surface area is 162 Å². The summed E-state index contributed by atoms with van der Waals surface area (Å²) in [5.41, 5.74) is 1.78. The predicted octanol–water partition coefficient (Wildman–Crippen LogP) is 3.73. The molecule has 0 bridgehead atoms. The maximum Gasteiger partial charge on any atom is 0.235 e. The summed E-state index contributed by atoms with van der Waals surface area (Å²) in [7, 11) is 1.91. The van der Waals surface area contributed by atoms with Gasteiger partial charge in [0.05, 0.1) is 11.3 Å². The molecule has 1 N–H and O–H groups in total. The molecule has 0 saturated heterocycles. The predicted molar refractivity (Wildman–Crippen MR) is 105 cm³/mol. The second-order valence-electron chi connectivity index (χ2n) is 7.06. The zero-order valence-corrected chi connectivity index (χ0v) is 17.1. The van der Waals surface area contributed by atoms with Crippen LogP contribution in [-0.2, 0) is 24.7 Å². The number of hydrogen-bond acceptors (Lipinski definition) is 6. The van der Waals surface area contributed by atoms with Crippen LogP contribution in [0.25, 0.3) is 0 Å². The minimum absolute atomic E-state index is 0.118. The lowest BCUT2D eigenvalue weighted by molar-refractivity contribution is -0.113. The quantitative estimate of drug-likeness (QED) is 0.788. The molecule has 1 amide bonds. The monoisotopic (exact) mass is 389 g/mol. The van der Waals surface area contributed by atoms with Crippen LogP contribution in [0.4, 0.5) is 5.00 Å². The number of anilines is 1. The summed E-state index contributed by atoms with van der Waals surface area (Å²) in [5.74, 6) is 1.95. The molecule has 6 nitrogen and oxygen atoms in total. The van der Waals surface area contributed by atoms with Crippen LogP contribution in [-0.4, -0.2) is 26.4 Å². The molecule has 2 aromatic rings. The van der Waals surface area contributed by atoms with Crippen molar-refractivity contribution in [1.82, 2.24) is 14.8 Å². The van der Waals surface area contributed by atoms with Crippen LogP contribution < -0.4 is 5.32 Å². The number of hydrogen-bond donors (Lipinski definition) is 1. The molecular weight excluding hydrogens is 366 g/mol. The van der Waals surface area contributed by atoms with Gasteiger partial charge in [0.15, 0.2) is 5.16 Å². The number of nitrogens with zero attached hydrogens (tertiary/aromatic N) is 4. The van der Waals surface area contributed by atoms with Crippen molar-refractivity contribution in [2.75, 3.05) is 11.1 Å². The van der Waals surface area contributed by atoms with Crippen molar-refractivity contribution < 1.29 is 4.79 Å². The van der Waals surface area contributed by atoms with Gasteiger partial charge in [-0.3, -0.25) is 4.79 Å². The number of carbonyl (C=O) groups is 1. The first-order chi connectivity index (χ1) is 12.4. The van der Waals surface area contributed by atoms with E-state index in [1.165, 1.54) is 16.6 Å². The number of amides is 1. The smallest absolute Gasteiger partial charge is 0.235 e. The minimum atomic E-state index is -0.118. The standard InChI is InChI=1S/C18H23N5OS2/c1-10(2)16-21-22-18(23(16)4)25-9-15(24)20-17-13(8-19)12-6-5-11(3)7-14(12)26-17/h10-11H,5-7,9H2,1-4H3,(H,20,24). The van der Waals surface area contributed by atoms with Gasteiger partial charge >= 0.3 is 0 Å². The molecule has 0 fully saturated rings. The fourth-order valence-corrected chi connectivity index (χ4v) is 5.30. The number of aromatic nitrogens is 3. The van der Waals surface area contributed by atoms with E-state index in [0.29, 0.717) is 16.5 Å². The van der Waals surface area contributed by atoms with Crippen molar-refractivity contribution >= 4 is 34.0 Å². The highest BCUT2D eigenvalue weighted by molar-refractivity contribution is 7.99. The van der Waals surface area contributed by atoms with E-state index in [0.717, 1.165) is 35.8 Å². The third kappa shape index (κ3) is 3.79. The molecule has 1 unspecified atom stereocenters. The van der Waals surface area contributed by atoms with E-state index >= 15 is 0 Å². The second-order valence-corrected chi connectivity index (χ2v) is 9.11. The van der Waals surface area contributed by atoms with Crippen molar-refractivity contribution in [3.05, 3.63) is 21.8 Å². The molecule has 138 valence electrons. The van der Waals surface area contributed by atoms with Gasteiger partial charge in [-0.15, -0.1) is 21.5 Å². The van der Waals surface area contributed by atoms with Crippen LogP contribution >= 0.6 is 23.1 Å². The summed E-state index contributed by atoms with van der Waals surface area (Å²) in [4.78, 5) is 13.6. The molecule has 1 aliphatic rings. The first-order valence-corrected chi connectivity index (χ1v) is 10.6. The lowest BCUT2D eigenvalue weighted by atomic mass is 9.89. The fourth-order valence-electron chi connectivity index (χ4n) is 3.20. The normalized spacial score (nSPS) is 16.4. The number of rotatable bonds is 5. The Morgan fingerprint density at radius 1 is 1.50 bits per heavy atom. The van der Waals surface area contributed by atoms with Gasteiger partial charge in [-0.2, -0.15) is 5.26 Å². The van der Waals surface area contributed by atoms with Crippen LogP contribution in [0.1, 0.15) is 54.9 Å². The Kier molecular flexibility index (Phi) is 5.68. The Bertz CT molecular complexity index is 862. The molecule has 8 heteroatoms. The van der Waals surface area contributed by atoms with Gasteiger partial charge in [-0.25, -0.2) is 0 Å². The summed E-state index contributed by atoms with van der Waals surface area (Å²) in [6.07, 6.45) is 3.03. The zero-order valence-electron chi connectivity index (χ0n) is 15.5. The van der Waals surface area contributed by atoms with E-state index in [4.69, 9.17) is 0 Å². The van der Waals surface area contributed by atoms with Gasteiger partial charge in [0.25, 0.3) is 0 Å². The highest BCUT2D eigenvalue weighted by Crippen LogP contribution is 2.39. The van der Waals surface area contributed by atoms with Gasteiger partial charge in [-0.05, 0) is 30.7 Å². The van der Waals surface area contributed by atoms with Gasteiger partial charge < -0.3 is 9.88 Å². The van der Waals surface area contributed by atoms with Crippen molar-refractivity contribution in [2.45, 2.75) is 51.1 Å². The molecule has 2 aromatic heterocycles. The Hall–Kier alpha value is -1.85. The summed E-state index contributed by atoms with van der Waals surface area (Å²) in [5, 5.41) is 22.2. The van der Waals surface area contributed by atoms with Gasteiger partial charge in [-0.1, -0.05) is 32.5 Å². The molecule has 0 saturated carbocycles. The number of nitrogens with one attached hydrogen (secondary N) is 1. The van der Waals surface area contributed by atoms with Gasteiger partial charge in [0, 0.05) is 17.8 Å². The van der Waals surface area contributed by atoms with Gasteiger partial charge in [0.1, 0.15) is 16.9 Å². The van der Waals surface area contributed by atoms with E-state index in [9.17, 15) is 10.1 Å². The molecule has 0 radical (unpaired) electrons. The van der Waals surface area contributed by atoms with Crippen LogP contribution in [0.2, 0.25) is 0 Å². The molecular formula is C18H23N5OS2. The Morgan fingerprint density at radius 2 is 2.27 bits per heavy atom. The van der Waals surface area contributed by atoms with Crippen LogP contribution in [0.5, 0.6) is 0 Å². The Morgan fingerprint density at radius 3 is 2.92 bits per heavy atom. The lowest BCUT2D eigenvalue weighted by Crippen LogP contribution is -2.14. The van der Waals surface area contributed by atoms with E-state index in [2.05, 4.69) is 42.4 Å². The van der Waals surface area contributed by atoms with Crippen LogP contribution in [0.15, 0.2) is 5.16 Å². The first-order valence-electron chi connectivity index (χ1n) is 8.77. The van der Waals surface area contributed by atoms with Crippen molar-refractivity contribution in [3.63, 3.8) is 0 Å². The highest BCUT2D eigenvalue weighted by atomic mass is 32.2. The summed E-state index contributed by atoms with van der Waals surface area (Å²) >= 11 is 2.91. The molecule has 0 spiro atoms. The second kappa shape index (κ2) is 7.80. The number of nitriles is 1. The molecule has 0 aromatic carbocycles. The van der Waals surface area contributed by atoms with Crippen molar-refractivity contribution in [3.8, 4) is 6.07 Å². The summed E-state index contributed by atoms with van der Waals surface area (Å²) in [6, 6.07) is 2.29. The lowest BCUT2D eigenvalue weighted by Gasteiger charge is -2.17. The number of thioether (sulfide) groups is 1. The SMILES string of the molecule is CC1CCc2c(sc(NC(=O)CSc3nnc(C(C)C)n3C)c2C#N)C1. The molecule has 26 heavy (non-hydrogen) atoms.